The Bertz CT molecular complexity index is 703. The Morgan fingerprint density at radius 2 is 2.13 bits per heavy atom. The largest absolute Gasteiger partial charge is 0.360 e. The van der Waals surface area contributed by atoms with Crippen LogP contribution < -0.4 is 11.1 Å². The summed E-state index contributed by atoms with van der Waals surface area (Å²) in [6.07, 6.45) is 2.36. The van der Waals surface area contributed by atoms with Gasteiger partial charge in [-0.05, 0) is 45.6 Å². The first-order chi connectivity index (χ1) is 10.5. The van der Waals surface area contributed by atoms with Crippen LogP contribution in [0.2, 0.25) is 0 Å². The lowest BCUT2D eigenvalue weighted by molar-refractivity contribution is 0.0949. The first-order valence-electron chi connectivity index (χ1n) is 7.63. The monoisotopic (exact) mass is 338 g/mol. The van der Waals surface area contributed by atoms with Crippen LogP contribution in [0.15, 0.2) is 16.7 Å². The summed E-state index contributed by atoms with van der Waals surface area (Å²) in [5.41, 5.74) is 8.48. The van der Waals surface area contributed by atoms with Gasteiger partial charge in [0.2, 0.25) is 0 Å². The van der Waals surface area contributed by atoms with Crippen LogP contribution in [0.5, 0.6) is 0 Å². The average molecular weight is 339 g/mol. The summed E-state index contributed by atoms with van der Waals surface area (Å²) in [5, 5.41) is 6.96. The zero-order valence-corrected chi connectivity index (χ0v) is 14.4. The number of aromatic nitrogens is 2. The maximum Gasteiger partial charge on any atom is 0.253 e. The molecular formula is C16H23ClN4O2. The van der Waals surface area contributed by atoms with Crippen molar-refractivity contribution in [1.29, 1.82) is 0 Å². The first kappa shape index (κ1) is 17.6. The van der Waals surface area contributed by atoms with E-state index in [1.54, 1.807) is 0 Å². The summed E-state index contributed by atoms with van der Waals surface area (Å²) in [7, 11) is 0. The van der Waals surface area contributed by atoms with E-state index in [4.69, 9.17) is 10.3 Å². The minimum Gasteiger partial charge on any atom is -0.360 e. The number of carbonyl (C=O) groups excluding carboxylic acids is 1. The molecule has 1 aliphatic carbocycles. The van der Waals surface area contributed by atoms with E-state index in [2.05, 4.69) is 10.5 Å². The van der Waals surface area contributed by atoms with Crippen LogP contribution in [0.1, 0.15) is 40.3 Å². The molecule has 0 bridgehead atoms. The van der Waals surface area contributed by atoms with Crippen molar-refractivity contribution in [3.05, 3.63) is 34.8 Å². The highest BCUT2D eigenvalue weighted by Crippen LogP contribution is 2.31. The third-order valence-electron chi connectivity index (χ3n) is 4.25. The number of nitrogens with two attached hydrogens (primary N) is 1. The smallest absolute Gasteiger partial charge is 0.253 e. The zero-order chi connectivity index (χ0) is 15.9. The van der Waals surface area contributed by atoms with Crippen molar-refractivity contribution in [1.82, 2.24) is 15.0 Å². The van der Waals surface area contributed by atoms with Gasteiger partial charge in [-0.3, -0.25) is 9.36 Å². The van der Waals surface area contributed by atoms with Gasteiger partial charge in [0.25, 0.3) is 5.91 Å². The van der Waals surface area contributed by atoms with Crippen LogP contribution >= 0.6 is 12.4 Å². The lowest BCUT2D eigenvalue weighted by Crippen LogP contribution is -2.38. The summed E-state index contributed by atoms with van der Waals surface area (Å²) in [6.45, 7) is 6.23. The molecule has 0 aliphatic heterocycles. The molecule has 3 rings (SSSR count). The van der Waals surface area contributed by atoms with Crippen molar-refractivity contribution in [2.45, 2.75) is 39.7 Å². The number of aryl methyl sites for hydroxylation is 2. The van der Waals surface area contributed by atoms with Gasteiger partial charge < -0.3 is 15.6 Å². The van der Waals surface area contributed by atoms with Crippen molar-refractivity contribution in [2.75, 3.05) is 6.54 Å². The normalized spacial score (nSPS) is 15.1. The van der Waals surface area contributed by atoms with Crippen LogP contribution in [-0.2, 0) is 0 Å². The molecule has 2 aromatic rings. The average Bonchev–Trinajstić information content (AvgIpc) is 3.18. The van der Waals surface area contributed by atoms with E-state index >= 15 is 0 Å². The predicted octanol–water partition coefficient (Wildman–Crippen LogP) is 2.28. The molecule has 1 aliphatic rings. The maximum atomic E-state index is 12.4. The van der Waals surface area contributed by atoms with Gasteiger partial charge >= 0.3 is 0 Å². The number of hydrogen-bond donors (Lipinski definition) is 2. The number of amides is 1. The minimum atomic E-state index is -0.0873. The molecule has 1 saturated carbocycles. The van der Waals surface area contributed by atoms with Gasteiger partial charge in [0.1, 0.15) is 5.76 Å². The molecule has 6 nitrogen and oxygen atoms in total. The maximum absolute atomic E-state index is 12.4. The SMILES string of the molecule is Cc1cc(-n2c(C)cc(C(=O)NCC(N)C3CC3)c2C)no1.Cl. The number of nitrogens with zero attached hydrogens (tertiary/aromatic N) is 2. The lowest BCUT2D eigenvalue weighted by atomic mass is 10.2. The number of nitrogens with one attached hydrogen (secondary N) is 1. The number of carbonyl (C=O) groups is 1. The quantitative estimate of drug-likeness (QED) is 0.875. The molecule has 1 atom stereocenters. The fraction of sp³-hybridized carbons (Fsp3) is 0.500. The molecule has 23 heavy (non-hydrogen) atoms. The molecule has 0 saturated heterocycles. The third kappa shape index (κ3) is 3.59. The van der Waals surface area contributed by atoms with Crippen molar-refractivity contribution < 1.29 is 9.32 Å². The summed E-state index contributed by atoms with van der Waals surface area (Å²) in [6, 6.07) is 3.78. The molecule has 1 fully saturated rings. The molecule has 2 heterocycles. The van der Waals surface area contributed by atoms with E-state index in [0.717, 1.165) is 17.1 Å². The molecular weight excluding hydrogens is 316 g/mol. The molecule has 0 aromatic carbocycles. The van der Waals surface area contributed by atoms with Gasteiger partial charge in [-0.1, -0.05) is 5.16 Å². The van der Waals surface area contributed by atoms with E-state index in [1.165, 1.54) is 12.8 Å². The van der Waals surface area contributed by atoms with Crippen molar-refractivity contribution in [3.8, 4) is 5.82 Å². The highest BCUT2D eigenvalue weighted by molar-refractivity contribution is 5.95. The Labute approximate surface area is 141 Å². The second-order valence-corrected chi connectivity index (χ2v) is 6.13. The van der Waals surface area contributed by atoms with Crippen LogP contribution in [0.25, 0.3) is 5.82 Å². The second-order valence-electron chi connectivity index (χ2n) is 6.13. The molecule has 2 aromatic heterocycles. The summed E-state index contributed by atoms with van der Waals surface area (Å²) >= 11 is 0. The summed E-state index contributed by atoms with van der Waals surface area (Å²) < 4.78 is 7.05. The zero-order valence-electron chi connectivity index (χ0n) is 13.6. The summed E-state index contributed by atoms with van der Waals surface area (Å²) in [4.78, 5) is 12.4. The minimum absolute atomic E-state index is 0. The lowest BCUT2D eigenvalue weighted by Gasteiger charge is -2.11. The van der Waals surface area contributed by atoms with Gasteiger partial charge in [0.05, 0.1) is 5.56 Å². The Morgan fingerprint density at radius 3 is 2.70 bits per heavy atom. The molecule has 0 spiro atoms. The molecule has 7 heteroatoms. The molecule has 126 valence electrons. The highest BCUT2D eigenvalue weighted by atomic mass is 35.5. The highest BCUT2D eigenvalue weighted by Gasteiger charge is 2.29. The number of rotatable bonds is 5. The van der Waals surface area contributed by atoms with Crippen molar-refractivity contribution in [2.24, 2.45) is 11.7 Å². The topological polar surface area (TPSA) is 86.1 Å². The van der Waals surface area contributed by atoms with E-state index in [-0.39, 0.29) is 24.4 Å². The van der Waals surface area contributed by atoms with Crippen LogP contribution in [-0.4, -0.2) is 28.2 Å². The molecule has 0 radical (unpaired) electrons. The summed E-state index contributed by atoms with van der Waals surface area (Å²) in [5.74, 6) is 1.92. The number of halogens is 1. The van der Waals surface area contributed by atoms with Crippen LogP contribution in [0.3, 0.4) is 0 Å². The molecule has 1 unspecified atom stereocenters. The van der Waals surface area contributed by atoms with Gasteiger partial charge in [0.15, 0.2) is 5.82 Å². The Hall–Kier alpha value is -1.79. The number of hydrogen-bond acceptors (Lipinski definition) is 4. The van der Waals surface area contributed by atoms with Gasteiger partial charge in [0, 0.05) is 30.0 Å². The van der Waals surface area contributed by atoms with Gasteiger partial charge in [-0.2, -0.15) is 0 Å². The first-order valence-corrected chi connectivity index (χ1v) is 7.63. The second kappa shape index (κ2) is 6.76. The standard InChI is InChI=1S/C16H22N4O2.ClH/c1-9-6-13(16(21)18-8-14(17)12-4-5-12)11(3)20(9)15-7-10(2)22-19-15;/h6-7,12,14H,4-5,8,17H2,1-3H3,(H,18,21);1H. The fourth-order valence-electron chi connectivity index (χ4n) is 2.80. The molecule has 1 amide bonds. The van der Waals surface area contributed by atoms with E-state index in [9.17, 15) is 4.79 Å². The van der Waals surface area contributed by atoms with E-state index in [0.29, 0.717) is 23.8 Å². The Morgan fingerprint density at radius 1 is 1.43 bits per heavy atom. The third-order valence-corrected chi connectivity index (χ3v) is 4.25. The van der Waals surface area contributed by atoms with Crippen LogP contribution in [0, 0.1) is 26.7 Å². The van der Waals surface area contributed by atoms with E-state index in [1.807, 2.05) is 37.5 Å². The Kier molecular flexibility index (Phi) is 5.16. The van der Waals surface area contributed by atoms with Crippen molar-refractivity contribution in [3.63, 3.8) is 0 Å². The predicted molar refractivity (Wildman–Crippen MR) is 90.3 cm³/mol. The molecule has 3 N–H and O–H groups in total. The van der Waals surface area contributed by atoms with E-state index < -0.39 is 0 Å². The van der Waals surface area contributed by atoms with Crippen LogP contribution in [0.4, 0.5) is 0 Å². The fourth-order valence-corrected chi connectivity index (χ4v) is 2.80. The Balaban J connectivity index is 0.00000192. The van der Waals surface area contributed by atoms with Crippen molar-refractivity contribution >= 4 is 18.3 Å². The van der Waals surface area contributed by atoms with Gasteiger partial charge in [-0.15, -0.1) is 12.4 Å². The van der Waals surface area contributed by atoms with Gasteiger partial charge in [-0.25, -0.2) is 0 Å².